The first kappa shape index (κ1) is 25.6. The number of hydrogen-bond acceptors (Lipinski definition) is 4. The van der Waals surface area contributed by atoms with Gasteiger partial charge in [-0.25, -0.2) is 4.98 Å². The summed E-state index contributed by atoms with van der Waals surface area (Å²) < 4.78 is 37.7. The Balaban J connectivity index is 0.00000420. The van der Waals surface area contributed by atoms with E-state index in [-0.39, 0.29) is 24.0 Å². The van der Waals surface area contributed by atoms with Crippen LogP contribution in [0.4, 0.5) is 13.2 Å². The minimum atomic E-state index is -4.39. The number of nitrogens with zero attached hydrogens (tertiary/aromatic N) is 3. The van der Waals surface area contributed by atoms with Crippen molar-refractivity contribution in [1.29, 1.82) is 0 Å². The van der Waals surface area contributed by atoms with E-state index in [1.165, 1.54) is 5.56 Å². The Labute approximate surface area is 190 Å². The Morgan fingerprint density at radius 3 is 2.59 bits per heavy atom. The number of alkyl halides is 3. The van der Waals surface area contributed by atoms with Gasteiger partial charge in [0.15, 0.2) is 11.7 Å². The molecule has 1 aromatic carbocycles. The highest BCUT2D eigenvalue weighted by molar-refractivity contribution is 14.0. The lowest BCUT2D eigenvalue weighted by molar-refractivity contribution is -0.140. The highest BCUT2D eigenvalue weighted by Gasteiger charge is 2.33. The maximum atomic E-state index is 12.6. The molecule has 1 heterocycles. The van der Waals surface area contributed by atoms with Crippen molar-refractivity contribution in [2.24, 2.45) is 4.99 Å². The molecular formula is C19H27F3IN5S. The monoisotopic (exact) mass is 541 g/mol. The minimum Gasteiger partial charge on any atom is -0.356 e. The summed E-state index contributed by atoms with van der Waals surface area (Å²) in [6.07, 6.45) is -3.99. The van der Waals surface area contributed by atoms with Gasteiger partial charge >= 0.3 is 6.18 Å². The Bertz CT molecular complexity index is 779. The highest BCUT2D eigenvalue weighted by atomic mass is 127. The van der Waals surface area contributed by atoms with Gasteiger partial charge in [-0.05, 0) is 24.7 Å². The first-order valence-electron chi connectivity index (χ1n) is 9.04. The molecule has 0 aliphatic heterocycles. The first-order valence-corrected chi connectivity index (χ1v) is 9.92. The van der Waals surface area contributed by atoms with Crippen LogP contribution in [0, 0.1) is 0 Å². The summed E-state index contributed by atoms with van der Waals surface area (Å²) in [5.74, 6) is 0.601. The van der Waals surface area contributed by atoms with Crippen molar-refractivity contribution in [3.63, 3.8) is 0 Å². The minimum absolute atomic E-state index is 0. The second kappa shape index (κ2) is 12.3. The average molecular weight is 541 g/mol. The summed E-state index contributed by atoms with van der Waals surface area (Å²) in [7, 11) is 3.74. The fraction of sp³-hybridized carbons (Fsp3) is 0.474. The zero-order chi connectivity index (χ0) is 20.6. The lowest BCUT2D eigenvalue weighted by atomic mass is 10.1. The molecule has 2 N–H and O–H groups in total. The molecule has 0 amide bonds. The number of aromatic nitrogens is 1. The van der Waals surface area contributed by atoms with Crippen LogP contribution in [-0.4, -0.2) is 43.0 Å². The predicted octanol–water partition coefficient (Wildman–Crippen LogP) is 4.14. The van der Waals surface area contributed by atoms with Crippen molar-refractivity contribution in [3.05, 3.63) is 51.5 Å². The van der Waals surface area contributed by atoms with E-state index in [0.717, 1.165) is 35.4 Å². The van der Waals surface area contributed by atoms with Crippen molar-refractivity contribution >= 4 is 41.3 Å². The lowest BCUT2D eigenvalue weighted by Crippen LogP contribution is -2.37. The van der Waals surface area contributed by atoms with Crippen LogP contribution < -0.4 is 10.6 Å². The third kappa shape index (κ3) is 8.87. The maximum absolute atomic E-state index is 12.6. The molecular weight excluding hydrogens is 514 g/mol. The van der Waals surface area contributed by atoms with Crippen LogP contribution in [0.25, 0.3) is 0 Å². The van der Waals surface area contributed by atoms with Gasteiger partial charge in [0.2, 0.25) is 0 Å². The smallest absolute Gasteiger partial charge is 0.356 e. The number of aliphatic imine (C=N–C) groups is 1. The van der Waals surface area contributed by atoms with Crippen LogP contribution >= 0.6 is 35.3 Å². The fourth-order valence-corrected chi connectivity index (χ4v) is 3.32. The van der Waals surface area contributed by atoms with E-state index in [9.17, 15) is 13.2 Å². The van der Waals surface area contributed by atoms with Gasteiger partial charge in [0.05, 0.1) is 5.01 Å². The van der Waals surface area contributed by atoms with Gasteiger partial charge in [0.25, 0.3) is 0 Å². The van der Waals surface area contributed by atoms with Gasteiger partial charge < -0.3 is 15.5 Å². The van der Waals surface area contributed by atoms with Crippen LogP contribution in [0.1, 0.15) is 28.8 Å². The van der Waals surface area contributed by atoms with Crippen molar-refractivity contribution < 1.29 is 13.2 Å². The summed E-state index contributed by atoms with van der Waals surface area (Å²) in [5.41, 5.74) is 1.55. The molecule has 5 nitrogen and oxygen atoms in total. The first-order chi connectivity index (χ1) is 13.3. The standard InChI is InChI=1S/C19H26F3N5S.HI/c1-4-27(3)12-15-7-5-6-14(10-15)11-25-18(23-2)24-9-8-17-26-16(13-28-17)19(20,21)22;/h5-7,10,13H,4,8-9,11-12H2,1-3H3,(H2,23,24,25);1H. The van der Waals surface area contributed by atoms with Crippen LogP contribution in [0.3, 0.4) is 0 Å². The SMILES string of the molecule is CCN(C)Cc1cccc(CNC(=NC)NCCc2nc(C(F)(F)F)cs2)c1.I. The number of guanidine groups is 1. The number of halogens is 4. The van der Waals surface area contributed by atoms with Crippen LogP contribution in [0.15, 0.2) is 34.6 Å². The van der Waals surface area contributed by atoms with Crippen molar-refractivity contribution in [2.75, 3.05) is 27.2 Å². The van der Waals surface area contributed by atoms with E-state index >= 15 is 0 Å². The molecule has 0 aliphatic rings. The topological polar surface area (TPSA) is 52.5 Å². The van der Waals surface area contributed by atoms with Gasteiger partial charge in [-0.15, -0.1) is 35.3 Å². The summed E-state index contributed by atoms with van der Waals surface area (Å²) >= 11 is 1.02. The molecule has 162 valence electrons. The molecule has 0 bridgehead atoms. The predicted molar refractivity (Wildman–Crippen MR) is 123 cm³/mol. The van der Waals surface area contributed by atoms with E-state index < -0.39 is 11.9 Å². The Morgan fingerprint density at radius 1 is 1.24 bits per heavy atom. The molecule has 2 rings (SSSR count). The quantitative estimate of drug-likeness (QED) is 0.300. The molecule has 0 unspecified atom stereocenters. The second-order valence-corrected chi connectivity index (χ2v) is 7.32. The van der Waals surface area contributed by atoms with Crippen molar-refractivity contribution in [3.8, 4) is 0 Å². The van der Waals surface area contributed by atoms with E-state index in [1.807, 2.05) is 12.1 Å². The highest BCUT2D eigenvalue weighted by Crippen LogP contribution is 2.29. The molecule has 1 aromatic heterocycles. The summed E-state index contributed by atoms with van der Waals surface area (Å²) in [4.78, 5) is 10.0. The number of rotatable bonds is 8. The van der Waals surface area contributed by atoms with Gasteiger partial charge in [-0.1, -0.05) is 31.2 Å². The molecule has 29 heavy (non-hydrogen) atoms. The molecule has 0 fully saturated rings. The number of nitrogens with one attached hydrogen (secondary N) is 2. The number of hydrogen-bond donors (Lipinski definition) is 2. The van der Waals surface area contributed by atoms with Gasteiger partial charge in [-0.2, -0.15) is 13.2 Å². The van der Waals surface area contributed by atoms with Crippen molar-refractivity contribution in [2.45, 2.75) is 32.6 Å². The fourth-order valence-electron chi connectivity index (χ4n) is 2.51. The van der Waals surface area contributed by atoms with Crippen LogP contribution in [-0.2, 0) is 25.7 Å². The maximum Gasteiger partial charge on any atom is 0.434 e. The second-order valence-electron chi connectivity index (χ2n) is 6.38. The third-order valence-electron chi connectivity index (χ3n) is 4.14. The average Bonchev–Trinajstić information content (AvgIpc) is 3.14. The molecule has 0 atom stereocenters. The lowest BCUT2D eigenvalue weighted by Gasteiger charge is -2.15. The molecule has 0 spiro atoms. The molecule has 10 heteroatoms. The largest absolute Gasteiger partial charge is 0.434 e. The molecule has 2 aromatic rings. The summed E-state index contributed by atoms with van der Waals surface area (Å²) in [6.45, 7) is 5.06. The molecule has 0 radical (unpaired) electrons. The molecule has 0 aliphatic carbocycles. The Hall–Kier alpha value is -1.40. The van der Waals surface area contributed by atoms with E-state index in [0.29, 0.717) is 30.5 Å². The molecule has 0 saturated heterocycles. The van der Waals surface area contributed by atoms with Crippen molar-refractivity contribution in [1.82, 2.24) is 20.5 Å². The number of thiazole rings is 1. The normalized spacial score (nSPS) is 12.0. The van der Waals surface area contributed by atoms with E-state index in [2.05, 4.69) is 51.6 Å². The molecule has 0 saturated carbocycles. The van der Waals surface area contributed by atoms with Gasteiger partial charge in [-0.3, -0.25) is 4.99 Å². The third-order valence-corrected chi connectivity index (χ3v) is 5.05. The zero-order valence-corrected chi connectivity index (χ0v) is 19.9. The van der Waals surface area contributed by atoms with E-state index in [4.69, 9.17) is 0 Å². The van der Waals surface area contributed by atoms with E-state index in [1.54, 1.807) is 7.05 Å². The van der Waals surface area contributed by atoms with Gasteiger partial charge in [0, 0.05) is 38.5 Å². The van der Waals surface area contributed by atoms with Crippen LogP contribution in [0.5, 0.6) is 0 Å². The Morgan fingerprint density at radius 2 is 1.97 bits per heavy atom. The van der Waals surface area contributed by atoms with Crippen LogP contribution in [0.2, 0.25) is 0 Å². The summed E-state index contributed by atoms with van der Waals surface area (Å²) in [5, 5.41) is 7.83. The number of benzene rings is 1. The zero-order valence-electron chi connectivity index (χ0n) is 16.7. The Kier molecular flexibility index (Phi) is 10.9. The summed E-state index contributed by atoms with van der Waals surface area (Å²) in [6, 6.07) is 8.34. The van der Waals surface area contributed by atoms with Gasteiger partial charge in [0.1, 0.15) is 0 Å².